The Morgan fingerprint density at radius 1 is 0.889 bits per heavy atom. The summed E-state index contributed by atoms with van der Waals surface area (Å²) in [7, 11) is 0. The minimum absolute atomic E-state index is 0.0472. The summed E-state index contributed by atoms with van der Waals surface area (Å²) in [6, 6.07) is 26.1. The van der Waals surface area contributed by atoms with E-state index in [2.05, 4.69) is 10.6 Å². The van der Waals surface area contributed by atoms with E-state index in [1.54, 1.807) is 24.3 Å². The molecule has 4 rings (SSSR count). The van der Waals surface area contributed by atoms with Gasteiger partial charge in [-0.1, -0.05) is 60.7 Å². The Morgan fingerprint density at radius 2 is 1.50 bits per heavy atom. The van der Waals surface area contributed by atoms with E-state index in [0.29, 0.717) is 30.6 Å². The van der Waals surface area contributed by atoms with Crippen molar-refractivity contribution in [2.24, 2.45) is 5.92 Å². The third kappa shape index (κ3) is 6.19. The molecule has 3 amide bonds. The number of nitrogens with zero attached hydrogens (tertiary/aromatic N) is 1. The largest absolute Gasteiger partial charge is 0.347 e. The lowest BCUT2D eigenvalue weighted by Gasteiger charge is -2.41. The Kier molecular flexibility index (Phi) is 7.53. The van der Waals surface area contributed by atoms with Gasteiger partial charge in [0.1, 0.15) is 0 Å². The molecule has 2 N–H and O–H groups in total. The fourth-order valence-corrected chi connectivity index (χ4v) is 4.61. The molecule has 0 unspecified atom stereocenters. The van der Waals surface area contributed by atoms with Gasteiger partial charge in [-0.25, -0.2) is 0 Å². The monoisotopic (exact) mass is 483 g/mol. The third-order valence-corrected chi connectivity index (χ3v) is 6.28. The zero-order valence-electron chi connectivity index (χ0n) is 21.0. The molecule has 3 aromatic carbocycles. The van der Waals surface area contributed by atoms with Crippen molar-refractivity contribution >= 4 is 23.4 Å². The SMILES string of the molecule is CC(C)(C)NC(=O)c1ccc(NC(=O)[C@H]2CCC(=O)N(Cc3ccccc3)[C@@H]2c2ccccc2)cc1. The van der Waals surface area contributed by atoms with Gasteiger partial charge >= 0.3 is 0 Å². The second kappa shape index (κ2) is 10.8. The number of piperidine rings is 1. The van der Waals surface area contributed by atoms with Crippen molar-refractivity contribution in [2.45, 2.75) is 51.7 Å². The summed E-state index contributed by atoms with van der Waals surface area (Å²) in [5, 5.41) is 5.95. The highest BCUT2D eigenvalue weighted by Gasteiger charge is 2.40. The van der Waals surface area contributed by atoms with E-state index in [1.807, 2.05) is 86.3 Å². The molecule has 1 aliphatic rings. The topological polar surface area (TPSA) is 78.5 Å². The van der Waals surface area contributed by atoms with E-state index in [9.17, 15) is 14.4 Å². The van der Waals surface area contributed by atoms with Gasteiger partial charge in [0, 0.05) is 29.8 Å². The Bertz CT molecular complexity index is 1200. The van der Waals surface area contributed by atoms with Crippen LogP contribution in [0.1, 0.15) is 61.1 Å². The van der Waals surface area contributed by atoms with Crippen molar-refractivity contribution < 1.29 is 14.4 Å². The number of hydrogen-bond donors (Lipinski definition) is 2. The number of amides is 3. The van der Waals surface area contributed by atoms with Gasteiger partial charge in [0.15, 0.2) is 0 Å². The van der Waals surface area contributed by atoms with Crippen LogP contribution in [0.3, 0.4) is 0 Å². The summed E-state index contributed by atoms with van der Waals surface area (Å²) in [5.74, 6) is -0.656. The van der Waals surface area contributed by atoms with Crippen LogP contribution >= 0.6 is 0 Å². The molecule has 0 aliphatic carbocycles. The van der Waals surface area contributed by atoms with E-state index in [4.69, 9.17) is 0 Å². The van der Waals surface area contributed by atoms with Crippen molar-refractivity contribution in [1.29, 1.82) is 0 Å². The molecular weight excluding hydrogens is 450 g/mol. The van der Waals surface area contributed by atoms with Crippen LogP contribution in [-0.2, 0) is 16.1 Å². The average molecular weight is 484 g/mol. The van der Waals surface area contributed by atoms with Crippen LogP contribution in [0, 0.1) is 5.92 Å². The van der Waals surface area contributed by atoms with Gasteiger partial charge in [0.2, 0.25) is 11.8 Å². The van der Waals surface area contributed by atoms with Crippen molar-refractivity contribution in [3.63, 3.8) is 0 Å². The van der Waals surface area contributed by atoms with E-state index in [0.717, 1.165) is 11.1 Å². The van der Waals surface area contributed by atoms with Crippen LogP contribution in [0.2, 0.25) is 0 Å². The lowest BCUT2D eigenvalue weighted by Crippen LogP contribution is -2.46. The average Bonchev–Trinajstić information content (AvgIpc) is 2.85. The predicted octanol–water partition coefficient (Wildman–Crippen LogP) is 5.33. The molecule has 0 spiro atoms. The highest BCUT2D eigenvalue weighted by atomic mass is 16.2. The predicted molar refractivity (Wildman–Crippen MR) is 141 cm³/mol. The summed E-state index contributed by atoms with van der Waals surface area (Å²) in [6.07, 6.45) is 0.793. The molecule has 1 saturated heterocycles. The second-order valence-corrected chi connectivity index (χ2v) is 10.3. The number of hydrogen-bond acceptors (Lipinski definition) is 3. The van der Waals surface area contributed by atoms with Crippen LogP contribution in [-0.4, -0.2) is 28.2 Å². The van der Waals surface area contributed by atoms with Gasteiger partial charge in [-0.3, -0.25) is 14.4 Å². The van der Waals surface area contributed by atoms with E-state index in [-0.39, 0.29) is 29.3 Å². The number of rotatable bonds is 6. The van der Waals surface area contributed by atoms with Crippen LogP contribution in [0.15, 0.2) is 84.9 Å². The van der Waals surface area contributed by atoms with Gasteiger partial charge in [0.05, 0.1) is 12.0 Å². The molecule has 6 nitrogen and oxygen atoms in total. The quantitative estimate of drug-likeness (QED) is 0.497. The van der Waals surface area contributed by atoms with Crippen molar-refractivity contribution in [3.8, 4) is 0 Å². The molecule has 0 aromatic heterocycles. The Balaban J connectivity index is 1.55. The maximum Gasteiger partial charge on any atom is 0.251 e. The summed E-state index contributed by atoms with van der Waals surface area (Å²) < 4.78 is 0. The highest BCUT2D eigenvalue weighted by molar-refractivity contribution is 5.97. The van der Waals surface area contributed by atoms with E-state index < -0.39 is 5.92 Å². The molecule has 1 heterocycles. The summed E-state index contributed by atoms with van der Waals surface area (Å²) in [6.45, 7) is 6.23. The van der Waals surface area contributed by atoms with Gasteiger partial charge < -0.3 is 15.5 Å². The van der Waals surface area contributed by atoms with Gasteiger partial charge in [0.25, 0.3) is 5.91 Å². The fraction of sp³-hybridized carbons (Fsp3) is 0.300. The third-order valence-electron chi connectivity index (χ3n) is 6.28. The Morgan fingerprint density at radius 3 is 2.11 bits per heavy atom. The minimum atomic E-state index is -0.405. The van der Waals surface area contributed by atoms with Crippen molar-refractivity contribution in [2.75, 3.05) is 5.32 Å². The first-order valence-corrected chi connectivity index (χ1v) is 12.3. The molecule has 2 atom stereocenters. The maximum atomic E-state index is 13.5. The first kappa shape index (κ1) is 25.2. The number of carbonyl (C=O) groups excluding carboxylic acids is 3. The molecule has 1 aliphatic heterocycles. The molecular formula is C30H33N3O3. The molecule has 0 radical (unpaired) electrons. The normalized spacial score (nSPS) is 18.0. The van der Waals surface area contributed by atoms with Crippen molar-refractivity contribution in [3.05, 3.63) is 102 Å². The van der Waals surface area contributed by atoms with Gasteiger partial charge in [-0.05, 0) is 62.6 Å². The summed E-state index contributed by atoms with van der Waals surface area (Å²) >= 11 is 0. The number of carbonyl (C=O) groups is 3. The zero-order chi connectivity index (χ0) is 25.7. The van der Waals surface area contributed by atoms with Crippen LogP contribution in [0.25, 0.3) is 0 Å². The van der Waals surface area contributed by atoms with E-state index >= 15 is 0 Å². The Hall–Kier alpha value is -3.93. The number of benzene rings is 3. The summed E-state index contributed by atoms with van der Waals surface area (Å²) in [4.78, 5) is 40.9. The first-order chi connectivity index (χ1) is 17.2. The number of anilines is 1. The molecule has 186 valence electrons. The van der Waals surface area contributed by atoms with Gasteiger partial charge in [-0.2, -0.15) is 0 Å². The second-order valence-electron chi connectivity index (χ2n) is 10.3. The lowest BCUT2D eigenvalue weighted by molar-refractivity contribution is -0.142. The van der Waals surface area contributed by atoms with Crippen LogP contribution < -0.4 is 10.6 Å². The van der Waals surface area contributed by atoms with Crippen LogP contribution in [0.4, 0.5) is 5.69 Å². The van der Waals surface area contributed by atoms with Crippen LogP contribution in [0.5, 0.6) is 0 Å². The molecule has 3 aromatic rings. The molecule has 1 fully saturated rings. The van der Waals surface area contributed by atoms with Gasteiger partial charge in [-0.15, -0.1) is 0 Å². The number of likely N-dealkylation sites (tertiary alicyclic amines) is 1. The van der Waals surface area contributed by atoms with Crippen molar-refractivity contribution in [1.82, 2.24) is 10.2 Å². The molecule has 36 heavy (non-hydrogen) atoms. The maximum absolute atomic E-state index is 13.5. The lowest BCUT2D eigenvalue weighted by atomic mass is 9.83. The zero-order valence-corrected chi connectivity index (χ0v) is 21.0. The number of nitrogens with one attached hydrogen (secondary N) is 2. The highest BCUT2D eigenvalue weighted by Crippen LogP contribution is 2.38. The molecule has 0 saturated carbocycles. The standard InChI is InChI=1S/C30H33N3O3/c1-30(2,3)32-28(35)23-14-16-24(17-15-23)31-29(36)25-18-19-26(34)33(20-21-10-6-4-7-11-21)27(25)22-12-8-5-9-13-22/h4-17,25,27H,18-20H2,1-3H3,(H,31,36)(H,32,35)/t25-,27+/m0/s1. The Labute approximate surface area is 212 Å². The minimum Gasteiger partial charge on any atom is -0.347 e. The molecule has 6 heteroatoms. The summed E-state index contributed by atoms with van der Waals surface area (Å²) in [5.41, 5.74) is 2.78. The first-order valence-electron chi connectivity index (χ1n) is 12.3. The molecule has 0 bridgehead atoms. The van der Waals surface area contributed by atoms with E-state index in [1.165, 1.54) is 0 Å². The fourth-order valence-electron chi connectivity index (χ4n) is 4.61. The smallest absolute Gasteiger partial charge is 0.251 e.